The van der Waals surface area contributed by atoms with Crippen LogP contribution in [0, 0.1) is 11.3 Å². The van der Waals surface area contributed by atoms with Crippen molar-refractivity contribution >= 4 is 15.9 Å². The largest absolute Gasteiger partial charge is 0.457 e. The molecule has 2 aromatic rings. The van der Waals surface area contributed by atoms with E-state index in [9.17, 15) is 0 Å². The van der Waals surface area contributed by atoms with Crippen molar-refractivity contribution < 1.29 is 4.74 Å². The minimum absolute atomic E-state index is 0.592. The van der Waals surface area contributed by atoms with Crippen molar-refractivity contribution in [2.24, 2.45) is 0 Å². The molecule has 0 radical (unpaired) electrons. The van der Waals surface area contributed by atoms with E-state index in [1.54, 1.807) is 18.2 Å². The lowest BCUT2D eigenvalue weighted by Gasteiger charge is -2.05. The summed E-state index contributed by atoms with van der Waals surface area (Å²) in [6, 6.07) is 16.7. The predicted molar refractivity (Wildman–Crippen MR) is 65.4 cm³/mol. The van der Waals surface area contributed by atoms with E-state index in [0.717, 1.165) is 10.2 Å². The van der Waals surface area contributed by atoms with E-state index in [1.165, 1.54) is 0 Å². The van der Waals surface area contributed by atoms with Gasteiger partial charge in [0.1, 0.15) is 11.5 Å². The van der Waals surface area contributed by atoms with Crippen LogP contribution in [-0.4, -0.2) is 0 Å². The number of ether oxygens (including phenoxy) is 1. The second kappa shape index (κ2) is 4.82. The van der Waals surface area contributed by atoms with Crippen molar-refractivity contribution in [3.63, 3.8) is 0 Å². The topological polar surface area (TPSA) is 33.0 Å². The Morgan fingerprint density at radius 3 is 2.44 bits per heavy atom. The van der Waals surface area contributed by atoms with Gasteiger partial charge in [-0.15, -0.1) is 0 Å². The molecule has 0 saturated heterocycles. The first kappa shape index (κ1) is 10.7. The molecule has 2 rings (SSSR count). The summed E-state index contributed by atoms with van der Waals surface area (Å²) in [6.07, 6.45) is 0. The normalized spacial score (nSPS) is 9.50. The molecule has 0 atom stereocenters. The van der Waals surface area contributed by atoms with Crippen LogP contribution >= 0.6 is 15.9 Å². The Bertz CT molecular complexity index is 528. The molecule has 0 aliphatic carbocycles. The average molecular weight is 274 g/mol. The Labute approximate surface area is 102 Å². The fourth-order valence-corrected chi connectivity index (χ4v) is 1.53. The number of hydrogen-bond acceptors (Lipinski definition) is 2. The maximum Gasteiger partial charge on any atom is 0.128 e. The van der Waals surface area contributed by atoms with Gasteiger partial charge in [0.2, 0.25) is 0 Å². The molecule has 0 N–H and O–H groups in total. The van der Waals surface area contributed by atoms with E-state index in [1.807, 2.05) is 30.3 Å². The van der Waals surface area contributed by atoms with Crippen molar-refractivity contribution in [2.75, 3.05) is 0 Å². The first-order valence-electron chi connectivity index (χ1n) is 4.71. The molecule has 2 nitrogen and oxygen atoms in total. The Balaban J connectivity index is 2.21. The zero-order valence-corrected chi connectivity index (χ0v) is 9.94. The van der Waals surface area contributed by atoms with Gasteiger partial charge in [0.15, 0.2) is 0 Å². The fraction of sp³-hybridized carbons (Fsp3) is 0. The number of nitriles is 1. The summed E-state index contributed by atoms with van der Waals surface area (Å²) < 4.78 is 6.61. The highest BCUT2D eigenvalue weighted by Gasteiger charge is 1.98. The van der Waals surface area contributed by atoms with Crippen molar-refractivity contribution in [1.82, 2.24) is 0 Å². The monoisotopic (exact) mass is 273 g/mol. The van der Waals surface area contributed by atoms with Gasteiger partial charge in [0.05, 0.1) is 11.6 Å². The molecule has 78 valence electrons. The van der Waals surface area contributed by atoms with E-state index in [-0.39, 0.29) is 0 Å². The van der Waals surface area contributed by atoms with Gasteiger partial charge in [-0.3, -0.25) is 0 Å². The van der Waals surface area contributed by atoms with Crippen molar-refractivity contribution in [3.05, 3.63) is 58.6 Å². The van der Waals surface area contributed by atoms with Crippen LogP contribution in [0.4, 0.5) is 0 Å². The van der Waals surface area contributed by atoms with Gasteiger partial charge in [-0.25, -0.2) is 0 Å². The first-order chi connectivity index (χ1) is 7.78. The molecule has 2 aromatic carbocycles. The second-order valence-electron chi connectivity index (χ2n) is 3.20. The molecule has 3 heteroatoms. The van der Waals surface area contributed by atoms with Crippen LogP contribution in [-0.2, 0) is 0 Å². The molecule has 0 fully saturated rings. The molecule has 0 bridgehead atoms. The number of halogens is 1. The highest BCUT2D eigenvalue weighted by atomic mass is 79.9. The quantitative estimate of drug-likeness (QED) is 0.825. The Hall–Kier alpha value is -1.79. The van der Waals surface area contributed by atoms with Crippen molar-refractivity contribution in [2.45, 2.75) is 0 Å². The summed E-state index contributed by atoms with van der Waals surface area (Å²) in [5.74, 6) is 1.42. The van der Waals surface area contributed by atoms with Crippen molar-refractivity contribution in [3.8, 4) is 17.6 Å². The molecule has 0 unspecified atom stereocenters. The molecular weight excluding hydrogens is 266 g/mol. The van der Waals surface area contributed by atoms with Crippen LogP contribution in [0.1, 0.15) is 5.56 Å². The number of hydrogen-bond donors (Lipinski definition) is 0. The fourth-order valence-electron chi connectivity index (χ4n) is 1.27. The number of nitrogens with zero attached hydrogens (tertiary/aromatic N) is 1. The predicted octanol–water partition coefficient (Wildman–Crippen LogP) is 4.11. The highest BCUT2D eigenvalue weighted by molar-refractivity contribution is 9.10. The van der Waals surface area contributed by atoms with Gasteiger partial charge < -0.3 is 4.74 Å². The molecule has 0 aliphatic heterocycles. The van der Waals surface area contributed by atoms with E-state index in [4.69, 9.17) is 10.00 Å². The lowest BCUT2D eigenvalue weighted by molar-refractivity contribution is 0.482. The van der Waals surface area contributed by atoms with Gasteiger partial charge in [-0.05, 0) is 42.5 Å². The maximum atomic E-state index is 8.75. The minimum atomic E-state index is 0.592. The lowest BCUT2D eigenvalue weighted by Crippen LogP contribution is -1.84. The van der Waals surface area contributed by atoms with Crippen LogP contribution in [0.2, 0.25) is 0 Å². The second-order valence-corrected chi connectivity index (χ2v) is 4.11. The third-order valence-electron chi connectivity index (χ3n) is 2.01. The average Bonchev–Trinajstić information content (AvgIpc) is 2.32. The van der Waals surface area contributed by atoms with Gasteiger partial charge in [-0.2, -0.15) is 5.26 Å². The maximum absolute atomic E-state index is 8.75. The third kappa shape index (κ3) is 2.62. The molecule has 16 heavy (non-hydrogen) atoms. The first-order valence-corrected chi connectivity index (χ1v) is 5.51. The molecule has 0 spiro atoms. The summed E-state index contributed by atoms with van der Waals surface area (Å²) in [6.45, 7) is 0. The van der Waals surface area contributed by atoms with E-state index >= 15 is 0 Å². The zero-order chi connectivity index (χ0) is 11.4. The zero-order valence-electron chi connectivity index (χ0n) is 8.35. The van der Waals surface area contributed by atoms with Gasteiger partial charge in [0.25, 0.3) is 0 Å². The van der Waals surface area contributed by atoms with Crippen LogP contribution < -0.4 is 4.74 Å². The van der Waals surface area contributed by atoms with Gasteiger partial charge in [0, 0.05) is 4.47 Å². The lowest BCUT2D eigenvalue weighted by atomic mass is 10.2. The standard InChI is InChI=1S/C13H8BrNO/c14-11-4-6-12(7-5-11)16-13-3-1-2-10(8-13)9-15/h1-8H. The Morgan fingerprint density at radius 2 is 1.75 bits per heavy atom. The molecule has 0 aliphatic rings. The summed E-state index contributed by atoms with van der Waals surface area (Å²) in [5.41, 5.74) is 0.592. The van der Waals surface area contributed by atoms with E-state index in [0.29, 0.717) is 11.3 Å². The minimum Gasteiger partial charge on any atom is -0.457 e. The third-order valence-corrected chi connectivity index (χ3v) is 2.54. The van der Waals surface area contributed by atoms with Crippen LogP contribution in [0.15, 0.2) is 53.0 Å². The molecule has 0 aromatic heterocycles. The van der Waals surface area contributed by atoms with Gasteiger partial charge >= 0.3 is 0 Å². The van der Waals surface area contributed by atoms with Crippen LogP contribution in [0.25, 0.3) is 0 Å². The summed E-state index contributed by atoms with van der Waals surface area (Å²) in [7, 11) is 0. The summed E-state index contributed by atoms with van der Waals surface area (Å²) in [5, 5.41) is 8.75. The molecule has 0 saturated carbocycles. The Kier molecular flexibility index (Phi) is 3.23. The Morgan fingerprint density at radius 1 is 1.00 bits per heavy atom. The van der Waals surface area contributed by atoms with Gasteiger partial charge in [-0.1, -0.05) is 22.0 Å². The molecule has 0 heterocycles. The van der Waals surface area contributed by atoms with E-state index < -0.39 is 0 Å². The smallest absolute Gasteiger partial charge is 0.128 e. The highest BCUT2D eigenvalue weighted by Crippen LogP contribution is 2.23. The van der Waals surface area contributed by atoms with Crippen LogP contribution in [0.5, 0.6) is 11.5 Å². The van der Waals surface area contributed by atoms with Crippen molar-refractivity contribution in [1.29, 1.82) is 5.26 Å². The summed E-state index contributed by atoms with van der Waals surface area (Å²) >= 11 is 3.36. The van der Waals surface area contributed by atoms with Crippen LogP contribution in [0.3, 0.4) is 0 Å². The SMILES string of the molecule is N#Cc1cccc(Oc2ccc(Br)cc2)c1. The summed E-state index contributed by atoms with van der Waals surface area (Å²) in [4.78, 5) is 0. The molecular formula is C13H8BrNO. The number of benzene rings is 2. The van der Waals surface area contributed by atoms with E-state index in [2.05, 4.69) is 22.0 Å². The molecule has 0 amide bonds. The number of rotatable bonds is 2.